The highest BCUT2D eigenvalue weighted by atomic mass is 15.1. The monoisotopic (exact) mass is 599 g/mol. The second-order valence-corrected chi connectivity index (χ2v) is 11.8. The SMILES string of the molecule is c1ccc(-c2ccc(N(c3ccccc3-c3ccccc3)c3cc(-c4cccc5ccccc45)ccc3-c3ccccc3)cc2)cc1. The Balaban J connectivity index is 1.40. The average molecular weight is 600 g/mol. The Hall–Kier alpha value is -6.18. The van der Waals surface area contributed by atoms with Gasteiger partial charge in [0, 0.05) is 16.8 Å². The van der Waals surface area contributed by atoms with Crippen LogP contribution in [-0.2, 0) is 0 Å². The van der Waals surface area contributed by atoms with Crippen LogP contribution in [0.5, 0.6) is 0 Å². The Morgan fingerprint density at radius 1 is 0.277 bits per heavy atom. The second-order valence-electron chi connectivity index (χ2n) is 11.8. The molecule has 0 unspecified atom stereocenters. The number of fused-ring (bicyclic) bond motifs is 1. The molecule has 0 aliphatic rings. The first-order chi connectivity index (χ1) is 23.3. The fraction of sp³-hybridized carbons (Fsp3) is 0. The maximum Gasteiger partial charge on any atom is 0.0546 e. The molecule has 0 atom stereocenters. The molecule has 0 aliphatic carbocycles. The fourth-order valence-corrected chi connectivity index (χ4v) is 6.60. The maximum atomic E-state index is 2.44. The first kappa shape index (κ1) is 28.3. The molecular weight excluding hydrogens is 567 g/mol. The molecule has 0 aliphatic heterocycles. The van der Waals surface area contributed by atoms with Crippen LogP contribution in [0.2, 0.25) is 0 Å². The summed E-state index contributed by atoms with van der Waals surface area (Å²) in [5.41, 5.74) is 12.8. The van der Waals surface area contributed by atoms with Crippen molar-refractivity contribution in [2.24, 2.45) is 0 Å². The smallest absolute Gasteiger partial charge is 0.0546 e. The van der Waals surface area contributed by atoms with Crippen molar-refractivity contribution in [2.45, 2.75) is 0 Å². The molecule has 0 fully saturated rings. The van der Waals surface area contributed by atoms with Gasteiger partial charge in [-0.15, -0.1) is 0 Å². The van der Waals surface area contributed by atoms with Crippen LogP contribution in [0.25, 0.3) is 55.3 Å². The van der Waals surface area contributed by atoms with E-state index in [1.807, 2.05) is 0 Å². The predicted octanol–water partition coefficient (Wildman–Crippen LogP) is 13.0. The highest BCUT2D eigenvalue weighted by Crippen LogP contribution is 2.46. The van der Waals surface area contributed by atoms with Crippen molar-refractivity contribution < 1.29 is 0 Å². The van der Waals surface area contributed by atoms with Gasteiger partial charge in [0.15, 0.2) is 0 Å². The third kappa shape index (κ3) is 5.60. The molecular formula is C46H33N. The summed E-state index contributed by atoms with van der Waals surface area (Å²) >= 11 is 0. The van der Waals surface area contributed by atoms with Crippen LogP contribution in [0.15, 0.2) is 200 Å². The highest BCUT2D eigenvalue weighted by molar-refractivity contribution is 6.00. The van der Waals surface area contributed by atoms with Gasteiger partial charge in [0.05, 0.1) is 11.4 Å². The lowest BCUT2D eigenvalue weighted by Crippen LogP contribution is -2.12. The van der Waals surface area contributed by atoms with Crippen LogP contribution in [0, 0.1) is 0 Å². The molecule has 0 N–H and O–H groups in total. The van der Waals surface area contributed by atoms with Crippen LogP contribution < -0.4 is 4.90 Å². The van der Waals surface area contributed by atoms with E-state index >= 15 is 0 Å². The van der Waals surface area contributed by atoms with E-state index in [2.05, 4.69) is 205 Å². The van der Waals surface area contributed by atoms with Gasteiger partial charge in [0.2, 0.25) is 0 Å². The highest BCUT2D eigenvalue weighted by Gasteiger charge is 2.21. The largest absolute Gasteiger partial charge is 0.309 e. The van der Waals surface area contributed by atoms with E-state index in [0.717, 1.165) is 17.1 Å². The molecule has 0 aromatic heterocycles. The summed E-state index contributed by atoms with van der Waals surface area (Å²) in [5, 5.41) is 2.48. The topological polar surface area (TPSA) is 3.24 Å². The van der Waals surface area contributed by atoms with Gasteiger partial charge in [0.1, 0.15) is 0 Å². The molecule has 0 saturated heterocycles. The van der Waals surface area contributed by atoms with E-state index in [4.69, 9.17) is 0 Å². The standard InChI is InChI=1S/C46H33N/c1-4-15-34(16-5-1)35-27-30-40(31-28-35)47(45-26-13-12-24-43(45)37-17-6-2-7-18-37)46-33-39(29-32-44(46)38-19-8-3-9-20-38)42-25-14-22-36-21-10-11-23-41(36)42/h1-33H. The molecule has 222 valence electrons. The molecule has 0 bridgehead atoms. The van der Waals surface area contributed by atoms with Gasteiger partial charge in [-0.2, -0.15) is 0 Å². The molecule has 0 spiro atoms. The Kier molecular flexibility index (Phi) is 7.63. The quantitative estimate of drug-likeness (QED) is 0.176. The van der Waals surface area contributed by atoms with Crippen molar-refractivity contribution in [3.63, 3.8) is 0 Å². The third-order valence-corrected chi connectivity index (χ3v) is 8.89. The molecule has 0 saturated carbocycles. The van der Waals surface area contributed by atoms with Gasteiger partial charge < -0.3 is 4.90 Å². The summed E-state index contributed by atoms with van der Waals surface area (Å²) in [6, 6.07) is 71.9. The van der Waals surface area contributed by atoms with Crippen molar-refractivity contribution >= 4 is 27.8 Å². The molecule has 0 radical (unpaired) electrons. The molecule has 0 amide bonds. The zero-order valence-corrected chi connectivity index (χ0v) is 26.0. The summed E-state index contributed by atoms with van der Waals surface area (Å²) in [6.07, 6.45) is 0. The number of anilines is 3. The van der Waals surface area contributed by atoms with Gasteiger partial charge in [-0.1, -0.05) is 176 Å². The number of nitrogens with zero attached hydrogens (tertiary/aromatic N) is 1. The van der Waals surface area contributed by atoms with Crippen molar-refractivity contribution in [2.75, 3.05) is 4.90 Å². The molecule has 8 aromatic rings. The number of rotatable bonds is 7. The number of benzene rings is 8. The van der Waals surface area contributed by atoms with Gasteiger partial charge in [-0.25, -0.2) is 0 Å². The Bertz CT molecular complexity index is 2270. The van der Waals surface area contributed by atoms with Gasteiger partial charge >= 0.3 is 0 Å². The summed E-state index contributed by atoms with van der Waals surface area (Å²) < 4.78 is 0. The van der Waals surface area contributed by atoms with E-state index in [1.54, 1.807) is 0 Å². The minimum absolute atomic E-state index is 1.10. The van der Waals surface area contributed by atoms with Crippen molar-refractivity contribution in [1.82, 2.24) is 0 Å². The Labute approximate surface area is 276 Å². The van der Waals surface area contributed by atoms with Crippen molar-refractivity contribution in [1.29, 1.82) is 0 Å². The lowest BCUT2D eigenvalue weighted by atomic mass is 9.93. The van der Waals surface area contributed by atoms with Crippen LogP contribution in [0.3, 0.4) is 0 Å². The summed E-state index contributed by atoms with van der Waals surface area (Å²) in [5.74, 6) is 0. The van der Waals surface area contributed by atoms with E-state index in [9.17, 15) is 0 Å². The molecule has 47 heavy (non-hydrogen) atoms. The van der Waals surface area contributed by atoms with Crippen LogP contribution in [0.1, 0.15) is 0 Å². The summed E-state index contributed by atoms with van der Waals surface area (Å²) in [4.78, 5) is 2.44. The zero-order chi connectivity index (χ0) is 31.4. The summed E-state index contributed by atoms with van der Waals surface area (Å²) in [7, 11) is 0. The van der Waals surface area contributed by atoms with E-state index in [1.165, 1.54) is 55.3 Å². The van der Waals surface area contributed by atoms with Crippen LogP contribution in [0.4, 0.5) is 17.1 Å². The zero-order valence-electron chi connectivity index (χ0n) is 26.0. The minimum atomic E-state index is 1.10. The molecule has 1 heteroatoms. The van der Waals surface area contributed by atoms with Crippen molar-refractivity contribution in [3.8, 4) is 44.5 Å². The van der Waals surface area contributed by atoms with E-state index in [0.29, 0.717) is 0 Å². The van der Waals surface area contributed by atoms with Crippen LogP contribution in [-0.4, -0.2) is 0 Å². The first-order valence-corrected chi connectivity index (χ1v) is 16.1. The number of hydrogen-bond donors (Lipinski definition) is 0. The lowest BCUT2D eigenvalue weighted by molar-refractivity contribution is 1.28. The number of hydrogen-bond acceptors (Lipinski definition) is 1. The van der Waals surface area contributed by atoms with Gasteiger partial charge in [-0.3, -0.25) is 0 Å². The molecule has 0 heterocycles. The first-order valence-electron chi connectivity index (χ1n) is 16.1. The number of para-hydroxylation sites is 1. The Morgan fingerprint density at radius 2 is 0.766 bits per heavy atom. The molecule has 8 rings (SSSR count). The van der Waals surface area contributed by atoms with Crippen LogP contribution >= 0.6 is 0 Å². The normalized spacial score (nSPS) is 11.0. The van der Waals surface area contributed by atoms with Gasteiger partial charge in [-0.05, 0) is 68.4 Å². The Morgan fingerprint density at radius 3 is 1.47 bits per heavy atom. The van der Waals surface area contributed by atoms with Crippen molar-refractivity contribution in [3.05, 3.63) is 200 Å². The fourth-order valence-electron chi connectivity index (χ4n) is 6.60. The molecule has 8 aromatic carbocycles. The van der Waals surface area contributed by atoms with Gasteiger partial charge in [0.25, 0.3) is 0 Å². The third-order valence-electron chi connectivity index (χ3n) is 8.89. The second kappa shape index (κ2) is 12.7. The van der Waals surface area contributed by atoms with E-state index in [-0.39, 0.29) is 0 Å². The predicted molar refractivity (Wildman–Crippen MR) is 200 cm³/mol. The minimum Gasteiger partial charge on any atom is -0.309 e. The van der Waals surface area contributed by atoms with E-state index < -0.39 is 0 Å². The average Bonchev–Trinajstić information content (AvgIpc) is 3.16. The lowest BCUT2D eigenvalue weighted by Gasteiger charge is -2.30. The maximum absolute atomic E-state index is 2.44. The summed E-state index contributed by atoms with van der Waals surface area (Å²) in [6.45, 7) is 0. The molecule has 1 nitrogen and oxygen atoms in total.